The number of ether oxygens (including phenoxy) is 1. The molecule has 0 N–H and O–H groups in total. The zero-order chi connectivity index (χ0) is 26.6. The molecule has 0 unspecified atom stereocenters. The van der Waals surface area contributed by atoms with Crippen LogP contribution in [0.3, 0.4) is 0 Å². The van der Waals surface area contributed by atoms with Gasteiger partial charge >= 0.3 is 0 Å². The van der Waals surface area contributed by atoms with Crippen LogP contribution in [0.15, 0.2) is 84.9 Å². The molecule has 0 spiro atoms. The molecular formula is C30H27ClFN3O3. The van der Waals surface area contributed by atoms with Gasteiger partial charge in [0.15, 0.2) is 6.61 Å². The number of carbonyl (C=O) groups is 2. The number of rotatable bonds is 6. The third-order valence-corrected chi connectivity index (χ3v) is 6.96. The molecule has 1 aliphatic heterocycles. The number of nitrogens with zero attached hydrogens (tertiary/aromatic N) is 3. The van der Waals surface area contributed by atoms with Crippen molar-refractivity contribution in [3.05, 3.63) is 107 Å². The molecule has 6 nitrogen and oxygen atoms in total. The minimum atomic E-state index is -0.359. The van der Waals surface area contributed by atoms with Gasteiger partial charge in [-0.05, 0) is 61.0 Å². The van der Waals surface area contributed by atoms with Crippen LogP contribution in [0.5, 0.6) is 5.75 Å². The highest BCUT2D eigenvalue weighted by molar-refractivity contribution is 6.30. The summed E-state index contributed by atoms with van der Waals surface area (Å²) in [7, 11) is 0. The lowest BCUT2D eigenvalue weighted by molar-refractivity contribution is -0.134. The first-order valence-corrected chi connectivity index (χ1v) is 12.8. The van der Waals surface area contributed by atoms with Gasteiger partial charge in [0.1, 0.15) is 11.6 Å². The molecule has 2 amide bonds. The summed E-state index contributed by atoms with van der Waals surface area (Å²) >= 11 is 6.10. The third kappa shape index (κ3) is 5.43. The molecule has 1 aliphatic rings. The fourth-order valence-corrected chi connectivity index (χ4v) is 4.81. The molecule has 3 aromatic carbocycles. The van der Waals surface area contributed by atoms with Gasteiger partial charge in [-0.25, -0.2) is 4.39 Å². The maximum atomic E-state index is 14.1. The highest BCUT2D eigenvalue weighted by atomic mass is 35.5. The monoisotopic (exact) mass is 531 g/mol. The van der Waals surface area contributed by atoms with E-state index >= 15 is 0 Å². The van der Waals surface area contributed by atoms with Crippen LogP contribution in [-0.4, -0.2) is 59.0 Å². The fraction of sp³-hybridized carbons (Fsp3) is 0.200. The Kier molecular flexibility index (Phi) is 7.47. The zero-order valence-electron chi connectivity index (χ0n) is 20.9. The van der Waals surface area contributed by atoms with Gasteiger partial charge in [0.2, 0.25) is 0 Å². The van der Waals surface area contributed by atoms with Crippen molar-refractivity contribution in [2.24, 2.45) is 0 Å². The second kappa shape index (κ2) is 11.1. The number of carbonyl (C=O) groups excluding carboxylic acids is 2. The number of hydrogen-bond acceptors (Lipinski definition) is 3. The quantitative estimate of drug-likeness (QED) is 0.325. The number of hydrogen-bond donors (Lipinski definition) is 0. The van der Waals surface area contributed by atoms with E-state index < -0.39 is 0 Å². The summed E-state index contributed by atoms with van der Waals surface area (Å²) in [6.07, 6.45) is 0. The van der Waals surface area contributed by atoms with Crippen molar-refractivity contribution < 1.29 is 18.7 Å². The van der Waals surface area contributed by atoms with E-state index in [0.29, 0.717) is 53.9 Å². The molecule has 2 heterocycles. The van der Waals surface area contributed by atoms with Crippen LogP contribution in [0.2, 0.25) is 5.02 Å². The normalized spacial score (nSPS) is 13.4. The van der Waals surface area contributed by atoms with Crippen LogP contribution in [-0.2, 0) is 4.79 Å². The molecule has 0 aliphatic carbocycles. The number of halogens is 2. The average molecular weight is 532 g/mol. The fourth-order valence-electron chi connectivity index (χ4n) is 4.69. The van der Waals surface area contributed by atoms with Crippen molar-refractivity contribution in [2.75, 3.05) is 32.8 Å². The first-order chi connectivity index (χ1) is 18.4. The van der Waals surface area contributed by atoms with E-state index in [2.05, 4.69) is 0 Å². The first-order valence-electron chi connectivity index (χ1n) is 12.4. The largest absolute Gasteiger partial charge is 0.484 e. The highest BCUT2D eigenvalue weighted by Gasteiger charge is 2.28. The maximum Gasteiger partial charge on any atom is 0.260 e. The van der Waals surface area contributed by atoms with E-state index in [1.54, 1.807) is 40.1 Å². The van der Waals surface area contributed by atoms with Crippen molar-refractivity contribution in [2.45, 2.75) is 6.92 Å². The second-order valence-corrected chi connectivity index (χ2v) is 9.56. The molecule has 0 radical (unpaired) electrons. The SMILES string of the molecule is Cc1c(C(=O)N2CCN(C(=O)COc3ccccc3)CC2)cc(-c2ccc(Cl)cc2)n1-c1cccc(F)c1. The molecular weight excluding hydrogens is 505 g/mol. The Morgan fingerprint density at radius 2 is 1.55 bits per heavy atom. The summed E-state index contributed by atoms with van der Waals surface area (Å²) in [5.41, 5.74) is 3.49. The molecule has 1 saturated heterocycles. The smallest absolute Gasteiger partial charge is 0.260 e. The molecule has 194 valence electrons. The third-order valence-electron chi connectivity index (χ3n) is 6.71. The average Bonchev–Trinajstić information content (AvgIpc) is 3.29. The van der Waals surface area contributed by atoms with Gasteiger partial charge in [-0.15, -0.1) is 0 Å². The Labute approximate surface area is 225 Å². The number of benzene rings is 3. The van der Waals surface area contributed by atoms with Crippen LogP contribution in [0.25, 0.3) is 16.9 Å². The molecule has 0 bridgehead atoms. The van der Waals surface area contributed by atoms with Crippen LogP contribution < -0.4 is 4.74 Å². The van der Waals surface area contributed by atoms with Crippen LogP contribution >= 0.6 is 11.6 Å². The predicted octanol–water partition coefficient (Wildman–Crippen LogP) is 5.61. The van der Waals surface area contributed by atoms with E-state index in [9.17, 15) is 14.0 Å². The van der Waals surface area contributed by atoms with Crippen molar-refractivity contribution in [3.63, 3.8) is 0 Å². The Bertz CT molecular complexity index is 1450. The Balaban J connectivity index is 1.34. The lowest BCUT2D eigenvalue weighted by Gasteiger charge is -2.34. The predicted molar refractivity (Wildman–Crippen MR) is 145 cm³/mol. The number of amides is 2. The minimum Gasteiger partial charge on any atom is -0.484 e. The summed E-state index contributed by atoms with van der Waals surface area (Å²) in [6, 6.07) is 24.7. The Morgan fingerprint density at radius 1 is 0.868 bits per heavy atom. The molecule has 1 fully saturated rings. The van der Waals surface area contributed by atoms with Crippen molar-refractivity contribution in [1.29, 1.82) is 0 Å². The number of para-hydroxylation sites is 1. The molecule has 5 rings (SSSR count). The van der Waals surface area contributed by atoms with Crippen LogP contribution in [0.1, 0.15) is 16.1 Å². The van der Waals surface area contributed by atoms with Crippen LogP contribution in [0.4, 0.5) is 4.39 Å². The Hall–Kier alpha value is -4.10. The minimum absolute atomic E-state index is 0.0436. The summed E-state index contributed by atoms with van der Waals surface area (Å²) in [6.45, 7) is 3.50. The van der Waals surface area contributed by atoms with Gasteiger partial charge in [0, 0.05) is 42.6 Å². The molecule has 0 atom stereocenters. The van der Waals surface area contributed by atoms with Crippen molar-refractivity contribution in [1.82, 2.24) is 14.4 Å². The van der Waals surface area contributed by atoms with Gasteiger partial charge in [0.25, 0.3) is 11.8 Å². The van der Waals surface area contributed by atoms with E-state index in [0.717, 1.165) is 11.3 Å². The van der Waals surface area contributed by atoms with Gasteiger partial charge in [0.05, 0.1) is 11.3 Å². The Morgan fingerprint density at radius 3 is 2.24 bits per heavy atom. The topological polar surface area (TPSA) is 54.8 Å². The second-order valence-electron chi connectivity index (χ2n) is 9.13. The molecule has 38 heavy (non-hydrogen) atoms. The van der Waals surface area contributed by atoms with Gasteiger partial charge in [-0.3, -0.25) is 9.59 Å². The standard InChI is InChI=1S/C30H27ClFN3O3/c1-21-27(19-28(22-10-12-23(31)13-11-22)35(21)25-7-5-6-24(32)18-25)30(37)34-16-14-33(15-17-34)29(36)20-38-26-8-3-2-4-9-26/h2-13,18-19H,14-17,20H2,1H3. The summed E-state index contributed by atoms with van der Waals surface area (Å²) < 4.78 is 21.6. The van der Waals surface area contributed by atoms with E-state index in [4.69, 9.17) is 16.3 Å². The first kappa shape index (κ1) is 25.5. The molecule has 8 heteroatoms. The van der Waals surface area contributed by atoms with Gasteiger partial charge in [-0.2, -0.15) is 0 Å². The molecule has 1 aromatic heterocycles. The summed E-state index contributed by atoms with van der Waals surface area (Å²) in [4.78, 5) is 29.8. The molecule has 0 saturated carbocycles. The summed E-state index contributed by atoms with van der Waals surface area (Å²) in [5, 5.41) is 0.604. The lowest BCUT2D eigenvalue weighted by Crippen LogP contribution is -2.51. The summed E-state index contributed by atoms with van der Waals surface area (Å²) in [5.74, 6) is 0.0481. The lowest BCUT2D eigenvalue weighted by atomic mass is 10.1. The number of aromatic nitrogens is 1. The van der Waals surface area contributed by atoms with Crippen molar-refractivity contribution >= 4 is 23.4 Å². The maximum absolute atomic E-state index is 14.1. The van der Waals surface area contributed by atoms with Gasteiger partial charge < -0.3 is 19.1 Å². The van der Waals surface area contributed by atoms with Crippen molar-refractivity contribution in [3.8, 4) is 22.7 Å². The van der Waals surface area contributed by atoms with Gasteiger partial charge in [-0.1, -0.05) is 48.0 Å². The number of piperazine rings is 1. The van der Waals surface area contributed by atoms with E-state index in [1.165, 1.54) is 12.1 Å². The van der Waals surface area contributed by atoms with Crippen LogP contribution in [0, 0.1) is 12.7 Å². The highest BCUT2D eigenvalue weighted by Crippen LogP contribution is 2.31. The van der Waals surface area contributed by atoms with E-state index in [-0.39, 0.29) is 24.2 Å². The van der Waals surface area contributed by atoms with E-state index in [1.807, 2.05) is 54.0 Å². The zero-order valence-corrected chi connectivity index (χ0v) is 21.7. The molecule has 4 aromatic rings.